The fourth-order valence-corrected chi connectivity index (χ4v) is 1.38. The van der Waals surface area contributed by atoms with Gasteiger partial charge in [-0.3, -0.25) is 0 Å². The standard InChI is InChI=1S/C10H14ClNO3/c1-7-5-10(15-4-3-14-2)8(11)6-9(7)12-13/h5-6,12-13H,3-4H2,1-2H3/p+1. The highest BCUT2D eigenvalue weighted by Gasteiger charge is 2.09. The number of nitrogens with two attached hydrogens (primary N) is 1. The van der Waals surface area contributed by atoms with E-state index in [9.17, 15) is 0 Å². The topological polar surface area (TPSA) is 55.3 Å². The van der Waals surface area contributed by atoms with Crippen LogP contribution >= 0.6 is 11.6 Å². The minimum Gasteiger partial charge on any atom is -0.490 e. The third kappa shape index (κ3) is 3.35. The van der Waals surface area contributed by atoms with E-state index in [4.69, 9.17) is 26.3 Å². The van der Waals surface area contributed by atoms with Crippen LogP contribution in [0.25, 0.3) is 0 Å². The molecule has 0 aliphatic heterocycles. The van der Waals surface area contributed by atoms with E-state index >= 15 is 0 Å². The highest BCUT2D eigenvalue weighted by molar-refractivity contribution is 6.32. The van der Waals surface area contributed by atoms with E-state index in [1.165, 1.54) is 0 Å². The van der Waals surface area contributed by atoms with Crippen LogP contribution in [0.2, 0.25) is 5.02 Å². The van der Waals surface area contributed by atoms with E-state index in [1.807, 2.05) is 6.92 Å². The van der Waals surface area contributed by atoms with Crippen LogP contribution in [0.1, 0.15) is 5.56 Å². The second-order valence-electron chi connectivity index (χ2n) is 3.11. The second kappa shape index (κ2) is 5.92. The van der Waals surface area contributed by atoms with Crippen molar-refractivity contribution in [1.29, 1.82) is 0 Å². The Kier molecular flexibility index (Phi) is 4.84. The van der Waals surface area contributed by atoms with E-state index in [2.05, 4.69) is 0 Å². The number of aryl methyl sites for hydroxylation is 1. The molecule has 0 aromatic heterocycles. The normalized spacial score (nSPS) is 10.4. The lowest BCUT2D eigenvalue weighted by Gasteiger charge is -2.09. The second-order valence-corrected chi connectivity index (χ2v) is 3.52. The smallest absolute Gasteiger partial charge is 0.166 e. The van der Waals surface area contributed by atoms with Crippen molar-refractivity contribution < 1.29 is 20.2 Å². The molecule has 1 aromatic rings. The number of quaternary nitrogens is 1. The predicted molar refractivity (Wildman–Crippen MR) is 56.9 cm³/mol. The lowest BCUT2D eigenvalue weighted by Crippen LogP contribution is -2.74. The summed E-state index contributed by atoms with van der Waals surface area (Å²) in [6.07, 6.45) is 0. The molecule has 0 fully saturated rings. The Labute approximate surface area is 93.7 Å². The van der Waals surface area contributed by atoms with Crippen molar-refractivity contribution in [3.05, 3.63) is 22.7 Å². The lowest BCUT2D eigenvalue weighted by molar-refractivity contribution is -0.826. The minimum absolute atomic E-state index is 0.456. The zero-order chi connectivity index (χ0) is 11.3. The molecule has 0 saturated carbocycles. The van der Waals surface area contributed by atoms with Crippen molar-refractivity contribution in [3.8, 4) is 5.75 Å². The van der Waals surface area contributed by atoms with Gasteiger partial charge in [-0.15, -0.1) is 0 Å². The maximum absolute atomic E-state index is 8.90. The maximum atomic E-state index is 8.90. The highest BCUT2D eigenvalue weighted by atomic mass is 35.5. The first-order chi connectivity index (χ1) is 7.19. The van der Waals surface area contributed by atoms with Crippen molar-refractivity contribution in [1.82, 2.24) is 0 Å². The largest absolute Gasteiger partial charge is 0.490 e. The summed E-state index contributed by atoms with van der Waals surface area (Å²) in [5.41, 5.74) is 2.63. The molecule has 0 spiro atoms. The Bertz CT molecular complexity index is 331. The fraction of sp³-hybridized carbons (Fsp3) is 0.400. The molecule has 5 heteroatoms. The van der Waals surface area contributed by atoms with Gasteiger partial charge in [0, 0.05) is 18.7 Å². The van der Waals surface area contributed by atoms with Crippen LogP contribution in [0, 0.1) is 6.92 Å². The number of hydrogen-bond acceptors (Lipinski definition) is 3. The monoisotopic (exact) mass is 232 g/mol. The summed E-state index contributed by atoms with van der Waals surface area (Å²) in [5, 5.41) is 9.39. The number of methoxy groups -OCH3 is 1. The van der Waals surface area contributed by atoms with Gasteiger partial charge in [0.25, 0.3) is 0 Å². The zero-order valence-corrected chi connectivity index (χ0v) is 9.54. The van der Waals surface area contributed by atoms with Crippen LogP contribution in [-0.4, -0.2) is 25.5 Å². The molecule has 0 radical (unpaired) electrons. The summed E-state index contributed by atoms with van der Waals surface area (Å²) in [6.45, 7) is 2.85. The molecule has 0 bridgehead atoms. The van der Waals surface area contributed by atoms with Crippen molar-refractivity contribution in [2.45, 2.75) is 6.92 Å². The van der Waals surface area contributed by atoms with Crippen LogP contribution in [0.4, 0.5) is 5.69 Å². The van der Waals surface area contributed by atoms with Gasteiger partial charge in [-0.1, -0.05) is 11.6 Å². The third-order valence-corrected chi connectivity index (χ3v) is 2.30. The molecule has 0 atom stereocenters. The molecule has 0 amide bonds. The summed E-state index contributed by atoms with van der Waals surface area (Å²) < 4.78 is 10.3. The summed E-state index contributed by atoms with van der Waals surface area (Å²) in [4.78, 5) is 0. The van der Waals surface area contributed by atoms with Crippen LogP contribution in [-0.2, 0) is 4.74 Å². The molecular weight excluding hydrogens is 218 g/mol. The number of halogens is 1. The average Bonchev–Trinajstić information content (AvgIpc) is 2.23. The number of benzene rings is 1. The molecule has 1 rings (SSSR count). The van der Waals surface area contributed by atoms with Gasteiger partial charge in [0.2, 0.25) is 0 Å². The van der Waals surface area contributed by atoms with Crippen LogP contribution in [0.15, 0.2) is 12.1 Å². The first kappa shape index (κ1) is 12.3. The Morgan fingerprint density at radius 3 is 2.73 bits per heavy atom. The zero-order valence-electron chi connectivity index (χ0n) is 8.79. The summed E-state index contributed by atoms with van der Waals surface area (Å²) in [7, 11) is 1.61. The van der Waals surface area contributed by atoms with E-state index in [1.54, 1.807) is 19.2 Å². The Balaban J connectivity index is 2.76. The summed E-state index contributed by atoms with van der Waals surface area (Å²) in [6, 6.07) is 3.46. The van der Waals surface area contributed by atoms with Gasteiger partial charge in [-0.05, 0) is 13.0 Å². The molecule has 0 saturated heterocycles. The average molecular weight is 233 g/mol. The number of hydrogen-bond donors (Lipinski definition) is 2. The van der Waals surface area contributed by atoms with Gasteiger partial charge in [0.1, 0.15) is 12.4 Å². The molecule has 3 N–H and O–H groups in total. The first-order valence-electron chi connectivity index (χ1n) is 4.58. The number of ether oxygens (including phenoxy) is 2. The molecule has 0 aliphatic rings. The van der Waals surface area contributed by atoms with Gasteiger partial charge in [-0.2, -0.15) is 5.48 Å². The molecule has 0 aliphatic carbocycles. The van der Waals surface area contributed by atoms with Crippen molar-refractivity contribution in [2.24, 2.45) is 0 Å². The highest BCUT2D eigenvalue weighted by Crippen LogP contribution is 2.28. The van der Waals surface area contributed by atoms with Crippen molar-refractivity contribution in [2.75, 3.05) is 20.3 Å². The minimum atomic E-state index is 0.456. The molecular formula is C10H15ClNO3+. The molecule has 1 aromatic carbocycles. The van der Waals surface area contributed by atoms with Crippen LogP contribution in [0.3, 0.4) is 0 Å². The summed E-state index contributed by atoms with van der Waals surface area (Å²) >= 11 is 5.96. The maximum Gasteiger partial charge on any atom is 0.166 e. The lowest BCUT2D eigenvalue weighted by atomic mass is 10.2. The van der Waals surface area contributed by atoms with Crippen LogP contribution < -0.4 is 10.2 Å². The predicted octanol–water partition coefficient (Wildman–Crippen LogP) is 1.26. The van der Waals surface area contributed by atoms with Crippen molar-refractivity contribution >= 4 is 17.3 Å². The van der Waals surface area contributed by atoms with Crippen LogP contribution in [0.5, 0.6) is 5.75 Å². The van der Waals surface area contributed by atoms with Gasteiger partial charge in [0.15, 0.2) is 5.69 Å². The number of rotatable bonds is 5. The van der Waals surface area contributed by atoms with E-state index in [0.29, 0.717) is 29.7 Å². The molecule has 84 valence electrons. The Hall–Kier alpha value is -0.810. The summed E-state index contributed by atoms with van der Waals surface area (Å²) in [5.74, 6) is 0.608. The first-order valence-corrected chi connectivity index (χ1v) is 4.96. The van der Waals surface area contributed by atoms with Crippen molar-refractivity contribution in [3.63, 3.8) is 0 Å². The Morgan fingerprint density at radius 2 is 2.13 bits per heavy atom. The van der Waals surface area contributed by atoms with E-state index in [-0.39, 0.29) is 0 Å². The molecule has 15 heavy (non-hydrogen) atoms. The van der Waals surface area contributed by atoms with Gasteiger partial charge < -0.3 is 9.47 Å². The van der Waals surface area contributed by atoms with E-state index < -0.39 is 0 Å². The fourth-order valence-electron chi connectivity index (χ4n) is 1.16. The van der Waals surface area contributed by atoms with E-state index in [0.717, 1.165) is 11.0 Å². The molecule has 0 heterocycles. The molecule has 0 unspecified atom stereocenters. The Morgan fingerprint density at radius 1 is 1.40 bits per heavy atom. The van der Waals surface area contributed by atoms with Gasteiger partial charge >= 0.3 is 0 Å². The quantitative estimate of drug-likeness (QED) is 0.457. The molecule has 4 nitrogen and oxygen atoms in total. The van der Waals surface area contributed by atoms with Gasteiger partial charge in [-0.25, -0.2) is 5.21 Å². The SMILES string of the molecule is COCCOc1cc(C)c([NH2+]O)cc1Cl. The van der Waals surface area contributed by atoms with Gasteiger partial charge in [0.05, 0.1) is 11.6 Å². The third-order valence-electron chi connectivity index (χ3n) is 2.00.